The molecule has 2 aliphatic rings. The van der Waals surface area contributed by atoms with E-state index < -0.39 is 36.4 Å². The van der Waals surface area contributed by atoms with E-state index in [-0.39, 0.29) is 29.0 Å². The lowest BCUT2D eigenvalue weighted by Crippen LogP contribution is -2.72. The molecule has 14 nitrogen and oxygen atoms in total. The van der Waals surface area contributed by atoms with Crippen molar-refractivity contribution in [3.63, 3.8) is 0 Å². The third-order valence-electron chi connectivity index (χ3n) is 4.89. The molecule has 0 bridgehead atoms. The summed E-state index contributed by atoms with van der Waals surface area (Å²) in [6, 6.07) is -2.21. The Hall–Kier alpha value is -3.69. The molecule has 0 spiro atoms. The summed E-state index contributed by atoms with van der Waals surface area (Å²) >= 11 is 1.06. The minimum Gasteiger partial charge on any atom is -0.423 e. The van der Waals surface area contributed by atoms with E-state index in [2.05, 4.69) is 36.1 Å². The molecule has 1 aliphatic heterocycles. The second-order valence-corrected chi connectivity index (χ2v) is 7.58. The molecule has 4 rings (SSSR count). The highest BCUT2D eigenvalue weighted by molar-refractivity contribution is 7.13. The van der Waals surface area contributed by atoms with Crippen molar-refractivity contribution in [3.05, 3.63) is 11.1 Å². The number of nitrogens with one attached hydrogen (secondary N) is 2. The van der Waals surface area contributed by atoms with Crippen molar-refractivity contribution in [2.45, 2.75) is 37.1 Å². The number of oxime groups is 1. The summed E-state index contributed by atoms with van der Waals surface area (Å²) in [7, 11) is 0. The summed E-state index contributed by atoms with van der Waals surface area (Å²) in [5.74, 6) is -2.77. The van der Waals surface area contributed by atoms with Gasteiger partial charge in [0.1, 0.15) is 18.4 Å². The van der Waals surface area contributed by atoms with Crippen LogP contribution in [0, 0.1) is 0 Å². The quantitative estimate of drug-likeness (QED) is 0.138. The maximum Gasteiger partial charge on any atom is 0.296 e. The van der Waals surface area contributed by atoms with E-state index >= 15 is 0 Å². The van der Waals surface area contributed by atoms with Gasteiger partial charge in [0.2, 0.25) is 5.95 Å². The first-order valence-corrected chi connectivity index (χ1v) is 9.88. The van der Waals surface area contributed by atoms with Crippen molar-refractivity contribution in [2.75, 3.05) is 17.3 Å². The molecule has 1 saturated carbocycles. The number of nitrogens with zero attached hydrogens (tertiary/aromatic N) is 6. The van der Waals surface area contributed by atoms with E-state index in [9.17, 15) is 18.8 Å². The van der Waals surface area contributed by atoms with Crippen molar-refractivity contribution in [1.29, 1.82) is 0 Å². The highest BCUT2D eigenvalue weighted by Crippen LogP contribution is 2.36. The SMILES string of the molecule is Nc1nc(C(=NOC2(OC=O)CCC2)C(=O)NC2C(=O)N(c3nnn[nH]3)C2CF)cs1. The molecule has 3 heterocycles. The van der Waals surface area contributed by atoms with Gasteiger partial charge in [0.25, 0.3) is 24.1 Å². The number of hydrogen-bond acceptors (Lipinski definition) is 12. The maximum atomic E-state index is 13.6. The zero-order valence-corrected chi connectivity index (χ0v) is 16.5. The summed E-state index contributed by atoms with van der Waals surface area (Å²) < 4.78 is 18.5. The number of nitrogens with two attached hydrogens (primary N) is 1. The van der Waals surface area contributed by atoms with E-state index in [0.717, 1.165) is 22.7 Å². The molecule has 31 heavy (non-hydrogen) atoms. The van der Waals surface area contributed by atoms with E-state index in [1.165, 1.54) is 5.38 Å². The minimum atomic E-state index is -1.27. The number of carbonyl (C=O) groups is 3. The van der Waals surface area contributed by atoms with Crippen LogP contribution in [0.5, 0.6) is 0 Å². The minimum absolute atomic E-state index is 0.0411. The molecule has 0 radical (unpaired) electrons. The standard InChI is InChI=1S/C15H16FN9O5S/c16-4-8-10(12(28)25(8)14-20-23-24-21-14)19-11(27)9(7-5-31-13(17)18-7)22-30-15(29-6-26)2-1-3-15/h5-6,8,10H,1-4H2,(H2,17,18)(H,19,27)(H,20,21,23,24). The Morgan fingerprint density at radius 3 is 2.90 bits per heavy atom. The van der Waals surface area contributed by atoms with Gasteiger partial charge in [0.15, 0.2) is 10.8 Å². The van der Waals surface area contributed by atoms with Gasteiger partial charge in [-0.15, -0.1) is 11.3 Å². The van der Waals surface area contributed by atoms with Crippen LogP contribution in [0.15, 0.2) is 10.5 Å². The van der Waals surface area contributed by atoms with Gasteiger partial charge in [0.05, 0.1) is 6.04 Å². The van der Waals surface area contributed by atoms with Crippen LogP contribution in [0.1, 0.15) is 25.0 Å². The van der Waals surface area contributed by atoms with Gasteiger partial charge in [-0.05, 0) is 16.8 Å². The molecule has 2 amide bonds. The van der Waals surface area contributed by atoms with E-state index in [1.54, 1.807) is 0 Å². The molecular formula is C15H16FN9O5S. The first-order chi connectivity index (χ1) is 15.0. The number of alkyl halides is 1. The van der Waals surface area contributed by atoms with Crippen LogP contribution in [-0.4, -0.2) is 74.2 Å². The zero-order valence-electron chi connectivity index (χ0n) is 15.7. The largest absolute Gasteiger partial charge is 0.423 e. The van der Waals surface area contributed by atoms with Crippen LogP contribution in [0.2, 0.25) is 0 Å². The smallest absolute Gasteiger partial charge is 0.296 e. The number of ether oxygens (including phenoxy) is 1. The van der Waals surface area contributed by atoms with Gasteiger partial charge in [-0.3, -0.25) is 19.3 Å². The van der Waals surface area contributed by atoms with E-state index in [4.69, 9.17) is 15.3 Å². The Bertz CT molecular complexity index is 1010. The van der Waals surface area contributed by atoms with E-state index in [0.29, 0.717) is 12.8 Å². The van der Waals surface area contributed by atoms with Crippen molar-refractivity contribution in [2.24, 2.45) is 5.16 Å². The Kier molecular flexibility index (Phi) is 5.45. The summed E-state index contributed by atoms with van der Waals surface area (Å²) in [5.41, 5.74) is 5.41. The van der Waals surface area contributed by atoms with Crippen LogP contribution in [0.4, 0.5) is 15.5 Å². The number of amides is 2. The lowest BCUT2D eigenvalue weighted by molar-refractivity contribution is -0.256. The highest BCUT2D eigenvalue weighted by Gasteiger charge is 2.51. The lowest BCUT2D eigenvalue weighted by Gasteiger charge is -2.43. The Balaban J connectivity index is 1.53. The summed E-state index contributed by atoms with van der Waals surface area (Å²) in [4.78, 5) is 46.4. The van der Waals surface area contributed by atoms with Crippen molar-refractivity contribution in [1.82, 2.24) is 30.9 Å². The predicted molar refractivity (Wildman–Crippen MR) is 101 cm³/mol. The number of tetrazole rings is 1. The Morgan fingerprint density at radius 1 is 1.55 bits per heavy atom. The van der Waals surface area contributed by atoms with Gasteiger partial charge < -0.3 is 20.6 Å². The number of carbonyl (C=O) groups excluding carboxylic acids is 3. The molecule has 16 heteroatoms. The van der Waals surface area contributed by atoms with Crippen LogP contribution < -0.4 is 16.0 Å². The number of thiazole rings is 1. The average molecular weight is 453 g/mol. The predicted octanol–water partition coefficient (Wildman–Crippen LogP) is -1.12. The van der Waals surface area contributed by atoms with Gasteiger partial charge in [-0.1, -0.05) is 10.3 Å². The highest BCUT2D eigenvalue weighted by atomic mass is 32.1. The van der Waals surface area contributed by atoms with Crippen LogP contribution in [0.3, 0.4) is 0 Å². The molecule has 2 aromatic rings. The fraction of sp³-hybridized carbons (Fsp3) is 0.467. The Morgan fingerprint density at radius 2 is 2.35 bits per heavy atom. The number of nitrogen functional groups attached to an aromatic ring is 1. The average Bonchev–Trinajstić information content (AvgIpc) is 3.39. The number of rotatable bonds is 9. The molecule has 2 atom stereocenters. The number of aromatic amines is 1. The molecule has 1 saturated heterocycles. The van der Waals surface area contributed by atoms with Crippen molar-refractivity contribution < 1.29 is 28.3 Å². The number of hydrogen-bond donors (Lipinski definition) is 3. The molecule has 0 aromatic carbocycles. The fourth-order valence-corrected chi connectivity index (χ4v) is 3.65. The van der Waals surface area contributed by atoms with Gasteiger partial charge in [0, 0.05) is 18.2 Å². The Labute approximate surface area is 177 Å². The summed E-state index contributed by atoms with van der Waals surface area (Å²) in [6.07, 6.45) is 1.54. The number of anilines is 2. The number of β-lactam (4-membered cyclic amide) rings is 1. The first-order valence-electron chi connectivity index (χ1n) is 9.00. The van der Waals surface area contributed by atoms with E-state index in [1.807, 2.05) is 0 Å². The first kappa shape index (κ1) is 20.6. The summed E-state index contributed by atoms with van der Waals surface area (Å²) in [6.45, 7) is -0.721. The third kappa shape index (κ3) is 3.76. The molecule has 2 fully saturated rings. The lowest BCUT2D eigenvalue weighted by atomic mass is 9.91. The normalized spacial score (nSPS) is 22.3. The number of halogens is 1. The fourth-order valence-electron chi connectivity index (χ4n) is 3.10. The molecular weight excluding hydrogens is 437 g/mol. The molecule has 2 aromatic heterocycles. The van der Waals surface area contributed by atoms with Crippen LogP contribution in [-0.2, 0) is 24.0 Å². The topological polar surface area (TPSA) is 191 Å². The van der Waals surface area contributed by atoms with Gasteiger partial charge >= 0.3 is 0 Å². The van der Waals surface area contributed by atoms with Gasteiger partial charge in [-0.2, -0.15) is 0 Å². The maximum absolute atomic E-state index is 13.6. The molecule has 4 N–H and O–H groups in total. The molecule has 1 aliphatic carbocycles. The van der Waals surface area contributed by atoms with Crippen LogP contribution in [0.25, 0.3) is 0 Å². The summed E-state index contributed by atoms with van der Waals surface area (Å²) in [5, 5.41) is 20.5. The molecule has 164 valence electrons. The number of H-pyrrole nitrogens is 1. The second-order valence-electron chi connectivity index (χ2n) is 6.69. The monoisotopic (exact) mass is 453 g/mol. The van der Waals surface area contributed by atoms with Crippen LogP contribution >= 0.6 is 11.3 Å². The second kappa shape index (κ2) is 8.21. The van der Waals surface area contributed by atoms with Crippen molar-refractivity contribution in [3.8, 4) is 0 Å². The van der Waals surface area contributed by atoms with Crippen molar-refractivity contribution >= 4 is 46.4 Å². The number of aromatic nitrogens is 5. The molecule has 2 unspecified atom stereocenters. The third-order valence-corrected chi connectivity index (χ3v) is 5.56. The van der Waals surface area contributed by atoms with Gasteiger partial charge in [-0.25, -0.2) is 14.5 Å². The zero-order chi connectivity index (χ0) is 22.0.